The highest BCUT2D eigenvalue weighted by Gasteiger charge is 2.58. The van der Waals surface area contributed by atoms with Gasteiger partial charge < -0.3 is 24.5 Å². The zero-order valence-electron chi connectivity index (χ0n) is 33.9. The Hall–Kier alpha value is -2.59. The smallest absolute Gasteiger partial charge is 0.276 e. The number of amides is 2. The Morgan fingerprint density at radius 2 is 1.38 bits per heavy atom. The first-order valence-corrected chi connectivity index (χ1v) is 21.9. The fourth-order valence-electron chi connectivity index (χ4n) is 7.93. The van der Waals surface area contributed by atoms with Crippen LogP contribution in [0, 0.1) is 16.2 Å². The minimum Gasteiger partial charge on any atom is -0.493 e. The summed E-state index contributed by atoms with van der Waals surface area (Å²) in [5, 5.41) is 15.3. The second kappa shape index (κ2) is 20.9. The summed E-state index contributed by atoms with van der Waals surface area (Å²) in [7, 11) is 0. The lowest BCUT2D eigenvalue weighted by molar-refractivity contribution is -0.131. The third-order valence-electron chi connectivity index (χ3n) is 11.3. The quantitative estimate of drug-likeness (QED) is 0.0684. The molecule has 2 bridgehead atoms. The Balaban J connectivity index is 1.06. The van der Waals surface area contributed by atoms with E-state index < -0.39 is 0 Å². The first kappa shape index (κ1) is 43.1. The van der Waals surface area contributed by atoms with Gasteiger partial charge in [0.2, 0.25) is 17.7 Å². The summed E-state index contributed by atoms with van der Waals surface area (Å²) in [6.45, 7) is 12.9. The molecule has 2 amide bonds. The van der Waals surface area contributed by atoms with Gasteiger partial charge >= 0.3 is 0 Å². The summed E-state index contributed by atoms with van der Waals surface area (Å²) in [5.41, 5.74) is -0.138. The number of rotatable bonds is 27. The highest BCUT2D eigenvalue weighted by molar-refractivity contribution is 7.98. The average molecular weight is 755 g/mol. The molecule has 2 fully saturated rings. The molecule has 0 saturated heterocycles. The number of hydrogen-bond donors (Lipinski definition) is 2. The van der Waals surface area contributed by atoms with Crippen LogP contribution in [0.15, 0.2) is 33.9 Å². The van der Waals surface area contributed by atoms with Crippen LogP contribution in [0.1, 0.15) is 157 Å². The molecule has 2 aromatic rings. The number of thioether (sulfide) groups is 1. The van der Waals surface area contributed by atoms with Gasteiger partial charge in [-0.3, -0.25) is 9.59 Å². The predicted octanol–water partition coefficient (Wildman–Crippen LogP) is 10.3. The van der Waals surface area contributed by atoms with Gasteiger partial charge in [0.15, 0.2) is 0 Å². The van der Waals surface area contributed by atoms with Gasteiger partial charge in [0.05, 0.1) is 25.2 Å². The van der Waals surface area contributed by atoms with Crippen molar-refractivity contribution in [1.29, 1.82) is 0 Å². The zero-order chi connectivity index (χ0) is 38.2. The fraction of sp³-hybridized carbons (Fsp3) is 0.767. The van der Waals surface area contributed by atoms with Crippen molar-refractivity contribution in [3.8, 4) is 17.2 Å². The molecule has 10 heteroatoms. The summed E-state index contributed by atoms with van der Waals surface area (Å²) in [4.78, 5) is 26.5. The number of aromatic nitrogens is 2. The second-order valence-electron chi connectivity index (χ2n) is 17.7. The lowest BCUT2D eigenvalue weighted by Gasteiger charge is -2.31. The van der Waals surface area contributed by atoms with E-state index in [2.05, 4.69) is 55.4 Å². The van der Waals surface area contributed by atoms with Crippen LogP contribution in [0.4, 0.5) is 0 Å². The summed E-state index contributed by atoms with van der Waals surface area (Å²) < 4.78 is 17.9. The van der Waals surface area contributed by atoms with E-state index in [0.717, 1.165) is 56.3 Å². The molecule has 2 aliphatic carbocycles. The molecule has 2 N–H and O–H groups in total. The Bertz CT molecular complexity index is 1380. The number of hydrogen-bond acceptors (Lipinski definition) is 8. The van der Waals surface area contributed by atoms with E-state index in [1.165, 1.54) is 82.4 Å². The monoisotopic (exact) mass is 755 g/mol. The van der Waals surface area contributed by atoms with Gasteiger partial charge in [-0.2, -0.15) is 0 Å². The van der Waals surface area contributed by atoms with Gasteiger partial charge in [-0.1, -0.05) is 123 Å². The minimum absolute atomic E-state index is 0.138. The van der Waals surface area contributed by atoms with Gasteiger partial charge in [-0.05, 0) is 69.0 Å². The van der Waals surface area contributed by atoms with E-state index in [1.807, 2.05) is 30.5 Å². The van der Waals surface area contributed by atoms with Crippen LogP contribution in [0.2, 0.25) is 0 Å². The molecule has 0 atom stereocenters. The zero-order valence-corrected chi connectivity index (χ0v) is 34.7. The molecular weight excluding hydrogens is 685 g/mol. The number of carbonyl (C=O) groups is 2. The van der Waals surface area contributed by atoms with E-state index in [9.17, 15) is 9.59 Å². The van der Waals surface area contributed by atoms with Crippen LogP contribution >= 0.6 is 11.8 Å². The van der Waals surface area contributed by atoms with Crippen molar-refractivity contribution in [2.45, 2.75) is 167 Å². The van der Waals surface area contributed by atoms with E-state index in [-0.39, 0.29) is 33.6 Å². The van der Waals surface area contributed by atoms with Crippen molar-refractivity contribution < 1.29 is 23.5 Å². The predicted molar refractivity (Wildman–Crippen MR) is 215 cm³/mol. The molecule has 1 aromatic heterocycles. The van der Waals surface area contributed by atoms with E-state index in [1.54, 1.807) is 0 Å². The molecule has 9 nitrogen and oxygen atoms in total. The summed E-state index contributed by atoms with van der Waals surface area (Å²) in [5.74, 6) is 1.57. The molecule has 53 heavy (non-hydrogen) atoms. The van der Waals surface area contributed by atoms with Crippen LogP contribution in [-0.4, -0.2) is 60.2 Å². The van der Waals surface area contributed by atoms with Crippen molar-refractivity contribution in [2.75, 3.05) is 32.6 Å². The molecule has 0 radical (unpaired) electrons. The maximum absolute atomic E-state index is 13.6. The van der Waals surface area contributed by atoms with E-state index >= 15 is 0 Å². The van der Waals surface area contributed by atoms with Crippen molar-refractivity contribution in [3.05, 3.63) is 24.3 Å². The molecular formula is C43H70N4O5S. The van der Waals surface area contributed by atoms with Gasteiger partial charge in [-0.15, -0.1) is 10.2 Å². The lowest BCUT2D eigenvalue weighted by atomic mass is 9.82. The highest BCUT2D eigenvalue weighted by Crippen LogP contribution is 2.56. The van der Waals surface area contributed by atoms with Gasteiger partial charge in [0.1, 0.15) is 5.75 Å². The van der Waals surface area contributed by atoms with Crippen molar-refractivity contribution in [3.63, 3.8) is 0 Å². The maximum atomic E-state index is 13.6. The summed E-state index contributed by atoms with van der Waals surface area (Å²) in [6, 6.07) is 7.66. The van der Waals surface area contributed by atoms with Gasteiger partial charge in [0, 0.05) is 34.9 Å². The molecule has 0 spiro atoms. The summed E-state index contributed by atoms with van der Waals surface area (Å²) in [6.07, 6.45) is 23.7. The average Bonchev–Trinajstić information content (AvgIpc) is 3.87. The molecule has 2 aliphatic rings. The second-order valence-corrected chi connectivity index (χ2v) is 18.4. The minimum atomic E-state index is -0.361. The number of nitrogens with zero attached hydrogens (tertiary/aromatic N) is 2. The molecule has 1 heterocycles. The molecule has 0 aliphatic heterocycles. The first-order valence-electron chi connectivity index (χ1n) is 20.7. The van der Waals surface area contributed by atoms with Crippen molar-refractivity contribution in [1.82, 2.24) is 20.8 Å². The molecule has 0 unspecified atom stereocenters. The SMILES string of the molecule is CCCCCCCCCCCCCCCC(=O)NC12CCC(C(=O)NCC(C)(C)COCC(C)(C)COc3ccc(-c4nnc(SC)o4)cc3)(CC1)C2. The third-order valence-corrected chi connectivity index (χ3v) is 11.8. The Morgan fingerprint density at radius 1 is 0.792 bits per heavy atom. The van der Waals surface area contributed by atoms with Crippen molar-refractivity contribution in [2.24, 2.45) is 16.2 Å². The molecule has 4 rings (SSSR count). The van der Waals surface area contributed by atoms with Gasteiger partial charge in [-0.25, -0.2) is 0 Å². The molecule has 1 aromatic carbocycles. The number of fused-ring (bicyclic) bond motifs is 2. The highest BCUT2D eigenvalue weighted by atomic mass is 32.2. The van der Waals surface area contributed by atoms with Crippen LogP contribution < -0.4 is 15.4 Å². The van der Waals surface area contributed by atoms with E-state index in [4.69, 9.17) is 13.9 Å². The molecule has 2 saturated carbocycles. The summed E-state index contributed by atoms with van der Waals surface area (Å²) >= 11 is 1.42. The normalized spacial score (nSPS) is 19.8. The first-order chi connectivity index (χ1) is 25.4. The topological polar surface area (TPSA) is 116 Å². The maximum Gasteiger partial charge on any atom is 0.276 e. The Kier molecular flexibility index (Phi) is 17.0. The Morgan fingerprint density at radius 3 is 1.96 bits per heavy atom. The van der Waals surface area contributed by atoms with Gasteiger partial charge in [0.25, 0.3) is 5.22 Å². The Labute approximate surface area is 324 Å². The van der Waals surface area contributed by atoms with Crippen LogP contribution in [0.5, 0.6) is 5.75 Å². The largest absolute Gasteiger partial charge is 0.493 e. The molecule has 298 valence electrons. The van der Waals surface area contributed by atoms with Crippen molar-refractivity contribution >= 4 is 23.6 Å². The van der Waals surface area contributed by atoms with Crippen LogP contribution in [0.3, 0.4) is 0 Å². The van der Waals surface area contributed by atoms with Crippen LogP contribution in [-0.2, 0) is 14.3 Å². The number of carbonyl (C=O) groups excluding carboxylic acids is 2. The van der Waals surface area contributed by atoms with Crippen LogP contribution in [0.25, 0.3) is 11.5 Å². The van der Waals surface area contributed by atoms with E-state index in [0.29, 0.717) is 43.9 Å². The fourth-order valence-corrected chi connectivity index (χ4v) is 8.22. The number of benzene rings is 1. The lowest BCUT2D eigenvalue weighted by Crippen LogP contribution is -2.45. The standard InChI is InChI=1S/C43H70N4O5S/c1-7-8-9-10-11-12-13-14-15-16-17-18-19-20-36(48)45-43-27-25-42(29-43,26-28-43)38(49)44-30-40(2,3)31-50-32-41(4,5)33-51-35-23-21-34(22-24-35)37-46-47-39(52-37)53-6/h21-24H,7-20,25-33H2,1-6H3,(H,44,49)(H,45,48). The third kappa shape index (κ3) is 14.2. The number of ether oxygens (including phenoxy) is 2. The number of nitrogens with one attached hydrogen (secondary N) is 2. The number of unbranched alkanes of at least 4 members (excludes halogenated alkanes) is 12.